The molecule has 1 saturated heterocycles. The molecular weight excluding hydrogens is 352 g/mol. The molecule has 2 aromatic rings. The Labute approximate surface area is 156 Å². The maximum absolute atomic E-state index is 12.9. The number of benzene rings is 1. The van der Waals surface area contributed by atoms with Crippen LogP contribution in [0.1, 0.15) is 41.8 Å². The van der Waals surface area contributed by atoms with Gasteiger partial charge in [-0.15, -0.1) is 11.3 Å². The van der Waals surface area contributed by atoms with Crippen molar-refractivity contribution in [1.82, 2.24) is 9.88 Å². The van der Waals surface area contributed by atoms with Crippen molar-refractivity contribution in [1.29, 1.82) is 0 Å². The van der Waals surface area contributed by atoms with Crippen LogP contribution in [-0.2, 0) is 4.79 Å². The summed E-state index contributed by atoms with van der Waals surface area (Å²) < 4.78 is 5.16. The van der Waals surface area contributed by atoms with Gasteiger partial charge in [-0.25, -0.2) is 4.98 Å². The first-order valence-electron chi connectivity index (χ1n) is 8.71. The van der Waals surface area contributed by atoms with Crippen molar-refractivity contribution in [2.24, 2.45) is 0 Å². The highest BCUT2D eigenvalue weighted by atomic mass is 32.1. The highest BCUT2D eigenvalue weighted by Gasteiger charge is 2.29. The summed E-state index contributed by atoms with van der Waals surface area (Å²) in [4.78, 5) is 30.6. The van der Waals surface area contributed by atoms with E-state index < -0.39 is 5.97 Å². The Bertz CT molecular complexity index is 772. The van der Waals surface area contributed by atoms with Crippen molar-refractivity contribution in [3.8, 4) is 16.3 Å². The van der Waals surface area contributed by atoms with E-state index in [1.165, 1.54) is 11.3 Å². The quantitative estimate of drug-likeness (QED) is 0.834. The second-order valence-corrected chi connectivity index (χ2v) is 7.37. The van der Waals surface area contributed by atoms with Gasteiger partial charge < -0.3 is 14.7 Å². The molecule has 1 fully saturated rings. The maximum atomic E-state index is 12.9. The van der Waals surface area contributed by atoms with Crippen LogP contribution < -0.4 is 4.74 Å². The standard InChI is InChI=1S/C19H22N2O4S/c1-25-15-8-5-13(6-9-15)18-20-12-16(26-18)19(24)21-11-3-2-4-14(21)7-10-17(22)23/h5-6,8-9,12,14H,2-4,7,10-11H2,1H3,(H,22,23). The Morgan fingerprint density at radius 3 is 2.77 bits per heavy atom. The molecule has 3 rings (SSSR count). The summed E-state index contributed by atoms with van der Waals surface area (Å²) in [5, 5.41) is 9.72. The molecule has 26 heavy (non-hydrogen) atoms. The first-order chi connectivity index (χ1) is 12.6. The average Bonchev–Trinajstić information content (AvgIpc) is 3.16. The molecule has 6 nitrogen and oxygen atoms in total. The number of hydrogen-bond acceptors (Lipinski definition) is 5. The number of carbonyl (C=O) groups excluding carboxylic acids is 1. The molecule has 0 saturated carbocycles. The Balaban J connectivity index is 1.74. The summed E-state index contributed by atoms with van der Waals surface area (Å²) in [7, 11) is 1.62. The Morgan fingerprint density at radius 2 is 2.08 bits per heavy atom. The summed E-state index contributed by atoms with van der Waals surface area (Å²) in [6.07, 6.45) is 5.07. The molecule has 1 aliphatic heterocycles. The third-order valence-corrected chi connectivity index (χ3v) is 5.67. The predicted molar refractivity (Wildman–Crippen MR) is 99.6 cm³/mol. The lowest BCUT2D eigenvalue weighted by atomic mass is 9.97. The third-order valence-electron chi connectivity index (χ3n) is 4.63. The van der Waals surface area contributed by atoms with Gasteiger partial charge in [-0.3, -0.25) is 9.59 Å². The first-order valence-corrected chi connectivity index (χ1v) is 9.53. The van der Waals surface area contributed by atoms with Crippen LogP contribution in [0.4, 0.5) is 0 Å². The summed E-state index contributed by atoms with van der Waals surface area (Å²) in [5.74, 6) is -0.0869. The number of hydrogen-bond donors (Lipinski definition) is 1. The van der Waals surface area contributed by atoms with E-state index in [1.54, 1.807) is 13.3 Å². The van der Waals surface area contributed by atoms with Gasteiger partial charge in [0.15, 0.2) is 0 Å². The van der Waals surface area contributed by atoms with E-state index in [-0.39, 0.29) is 18.4 Å². The fourth-order valence-electron chi connectivity index (χ4n) is 3.24. The average molecular weight is 374 g/mol. The molecule has 138 valence electrons. The number of piperidine rings is 1. The molecule has 0 spiro atoms. The van der Waals surface area contributed by atoms with E-state index in [0.29, 0.717) is 17.8 Å². The number of methoxy groups -OCH3 is 1. The van der Waals surface area contributed by atoms with E-state index in [1.807, 2.05) is 29.2 Å². The number of nitrogens with zero attached hydrogens (tertiary/aromatic N) is 2. The molecule has 2 heterocycles. The first kappa shape index (κ1) is 18.4. The molecule has 1 atom stereocenters. The number of likely N-dealkylation sites (tertiary alicyclic amines) is 1. The van der Waals surface area contributed by atoms with Gasteiger partial charge in [0, 0.05) is 24.6 Å². The zero-order valence-corrected chi connectivity index (χ0v) is 15.5. The third kappa shape index (κ3) is 4.22. The second kappa shape index (κ2) is 8.31. The van der Waals surface area contributed by atoms with Gasteiger partial charge in [0.2, 0.25) is 0 Å². The van der Waals surface area contributed by atoms with Crippen LogP contribution >= 0.6 is 11.3 Å². The van der Waals surface area contributed by atoms with Crippen molar-refractivity contribution in [3.05, 3.63) is 35.3 Å². The number of ether oxygens (including phenoxy) is 1. The molecule has 0 aliphatic carbocycles. The zero-order chi connectivity index (χ0) is 18.5. The van der Waals surface area contributed by atoms with Crippen LogP contribution in [0.25, 0.3) is 10.6 Å². The number of thiazole rings is 1. The summed E-state index contributed by atoms with van der Waals surface area (Å²) in [5.41, 5.74) is 0.941. The molecule has 1 amide bonds. The topological polar surface area (TPSA) is 79.7 Å². The molecule has 1 aromatic carbocycles. The highest BCUT2D eigenvalue weighted by Crippen LogP contribution is 2.29. The molecule has 7 heteroatoms. The van der Waals surface area contributed by atoms with Crippen LogP contribution in [0.2, 0.25) is 0 Å². The van der Waals surface area contributed by atoms with Gasteiger partial charge in [-0.2, -0.15) is 0 Å². The van der Waals surface area contributed by atoms with Crippen LogP contribution in [0.5, 0.6) is 5.75 Å². The lowest BCUT2D eigenvalue weighted by Crippen LogP contribution is -2.43. The predicted octanol–water partition coefficient (Wildman–Crippen LogP) is 3.68. The van der Waals surface area contributed by atoms with Crippen molar-refractivity contribution >= 4 is 23.2 Å². The van der Waals surface area contributed by atoms with Gasteiger partial charge >= 0.3 is 5.97 Å². The minimum absolute atomic E-state index is 0.00103. The molecule has 1 aliphatic rings. The molecule has 1 unspecified atom stereocenters. The van der Waals surface area contributed by atoms with Crippen LogP contribution in [0.3, 0.4) is 0 Å². The molecule has 0 radical (unpaired) electrons. The van der Waals surface area contributed by atoms with Gasteiger partial charge in [0.1, 0.15) is 15.6 Å². The number of aromatic nitrogens is 1. The van der Waals surface area contributed by atoms with Crippen molar-refractivity contribution < 1.29 is 19.4 Å². The maximum Gasteiger partial charge on any atom is 0.303 e. The fraction of sp³-hybridized carbons (Fsp3) is 0.421. The number of carboxylic acids is 1. The van der Waals surface area contributed by atoms with Gasteiger partial charge in [-0.1, -0.05) is 0 Å². The zero-order valence-electron chi connectivity index (χ0n) is 14.7. The molecule has 1 aromatic heterocycles. The smallest absolute Gasteiger partial charge is 0.303 e. The van der Waals surface area contributed by atoms with E-state index in [2.05, 4.69) is 4.98 Å². The second-order valence-electron chi connectivity index (χ2n) is 6.34. The lowest BCUT2D eigenvalue weighted by Gasteiger charge is -2.35. The van der Waals surface area contributed by atoms with Crippen molar-refractivity contribution in [2.45, 2.75) is 38.1 Å². The number of carboxylic acid groups (broad SMARTS) is 1. The molecular formula is C19H22N2O4S. The Hall–Kier alpha value is -2.41. The van der Waals surface area contributed by atoms with E-state index in [9.17, 15) is 9.59 Å². The largest absolute Gasteiger partial charge is 0.497 e. The van der Waals surface area contributed by atoms with E-state index in [4.69, 9.17) is 9.84 Å². The minimum Gasteiger partial charge on any atom is -0.497 e. The van der Waals surface area contributed by atoms with Gasteiger partial charge in [0.05, 0.1) is 13.3 Å². The molecule has 1 N–H and O–H groups in total. The van der Waals surface area contributed by atoms with Crippen molar-refractivity contribution in [2.75, 3.05) is 13.7 Å². The van der Waals surface area contributed by atoms with Crippen molar-refractivity contribution in [3.63, 3.8) is 0 Å². The number of carbonyl (C=O) groups is 2. The normalized spacial score (nSPS) is 17.1. The number of rotatable bonds is 6. The van der Waals surface area contributed by atoms with Crippen LogP contribution in [0.15, 0.2) is 30.5 Å². The number of amides is 1. The summed E-state index contributed by atoms with van der Waals surface area (Å²) in [6.45, 7) is 0.679. The Morgan fingerprint density at radius 1 is 1.31 bits per heavy atom. The van der Waals surface area contributed by atoms with E-state index in [0.717, 1.165) is 35.6 Å². The lowest BCUT2D eigenvalue weighted by molar-refractivity contribution is -0.137. The molecule has 0 bridgehead atoms. The highest BCUT2D eigenvalue weighted by molar-refractivity contribution is 7.16. The minimum atomic E-state index is -0.817. The van der Waals surface area contributed by atoms with Crippen LogP contribution in [0, 0.1) is 0 Å². The number of aliphatic carboxylic acids is 1. The summed E-state index contributed by atoms with van der Waals surface area (Å²) >= 11 is 1.37. The monoisotopic (exact) mass is 374 g/mol. The van der Waals surface area contributed by atoms with E-state index >= 15 is 0 Å². The SMILES string of the molecule is COc1ccc(-c2ncc(C(=O)N3CCCCC3CCC(=O)O)s2)cc1. The Kier molecular flexibility index (Phi) is 5.88. The fourth-order valence-corrected chi connectivity index (χ4v) is 4.12. The summed E-state index contributed by atoms with van der Waals surface area (Å²) in [6, 6.07) is 7.57. The van der Waals surface area contributed by atoms with Crippen LogP contribution in [-0.4, -0.2) is 46.6 Å². The van der Waals surface area contributed by atoms with Gasteiger partial charge in [-0.05, 0) is 49.9 Å². The van der Waals surface area contributed by atoms with Gasteiger partial charge in [0.25, 0.3) is 5.91 Å².